The van der Waals surface area contributed by atoms with Gasteiger partial charge in [-0.1, -0.05) is 103 Å². The Bertz CT molecular complexity index is 2000. The second-order valence-corrected chi connectivity index (χ2v) is 14.2. The number of aromatic nitrogens is 1. The SMILES string of the molecule is O=C(Cn1c2c(sc1=O)[C@H](c1cccc(Br)c1)C1C(=O)N(c3ccc(Br)cc3)C(=O)C1S2)Nc1cccc2ccccc12. The maximum Gasteiger partial charge on any atom is 0.308 e. The largest absolute Gasteiger partial charge is 0.324 e. The first-order valence-electron chi connectivity index (χ1n) is 13.4. The Labute approximate surface area is 271 Å². The van der Waals surface area contributed by atoms with Crippen LogP contribution in [0.5, 0.6) is 0 Å². The van der Waals surface area contributed by atoms with Gasteiger partial charge in [-0.15, -0.1) is 0 Å². The van der Waals surface area contributed by atoms with Crippen LogP contribution in [-0.4, -0.2) is 27.5 Å². The monoisotopic (exact) mass is 733 g/mol. The van der Waals surface area contributed by atoms with Gasteiger partial charge in [0.25, 0.3) is 0 Å². The molecule has 3 heterocycles. The van der Waals surface area contributed by atoms with E-state index in [0.29, 0.717) is 21.3 Å². The summed E-state index contributed by atoms with van der Waals surface area (Å²) in [6, 6.07) is 28.1. The van der Waals surface area contributed by atoms with E-state index in [4.69, 9.17) is 0 Å². The summed E-state index contributed by atoms with van der Waals surface area (Å²) in [6.07, 6.45) is 0. The van der Waals surface area contributed by atoms with Crippen LogP contribution in [0.2, 0.25) is 0 Å². The highest BCUT2D eigenvalue weighted by Gasteiger charge is 2.56. The maximum absolute atomic E-state index is 14.0. The van der Waals surface area contributed by atoms with Crippen LogP contribution in [0.1, 0.15) is 16.4 Å². The number of rotatable bonds is 5. The first-order chi connectivity index (χ1) is 20.8. The van der Waals surface area contributed by atoms with Crippen molar-refractivity contribution >= 4 is 94.8 Å². The average molecular weight is 735 g/mol. The van der Waals surface area contributed by atoms with Crippen molar-refractivity contribution < 1.29 is 14.4 Å². The molecule has 1 saturated heterocycles. The average Bonchev–Trinajstić information content (AvgIpc) is 3.44. The second kappa shape index (κ2) is 11.2. The minimum atomic E-state index is -0.756. The van der Waals surface area contributed by atoms with Crippen molar-refractivity contribution in [1.82, 2.24) is 4.57 Å². The summed E-state index contributed by atoms with van der Waals surface area (Å²) in [5.74, 6) is -2.24. The molecule has 7 nitrogen and oxygen atoms in total. The van der Waals surface area contributed by atoms with Crippen molar-refractivity contribution in [3.05, 3.63) is 120 Å². The lowest BCUT2D eigenvalue weighted by Crippen LogP contribution is -2.33. The van der Waals surface area contributed by atoms with Crippen LogP contribution in [0.25, 0.3) is 10.8 Å². The third-order valence-electron chi connectivity index (χ3n) is 7.71. The van der Waals surface area contributed by atoms with Crippen LogP contribution in [0.15, 0.2) is 110 Å². The lowest BCUT2D eigenvalue weighted by Gasteiger charge is -2.30. The lowest BCUT2D eigenvalue weighted by atomic mass is 9.83. The van der Waals surface area contributed by atoms with Gasteiger partial charge in [-0.05, 0) is 53.4 Å². The molecule has 11 heteroatoms. The highest BCUT2D eigenvalue weighted by molar-refractivity contribution is 9.10. The molecular weight excluding hydrogens is 714 g/mol. The van der Waals surface area contributed by atoms with Crippen molar-refractivity contribution in [2.45, 2.75) is 22.7 Å². The molecule has 43 heavy (non-hydrogen) atoms. The smallest absolute Gasteiger partial charge is 0.308 e. The molecule has 1 N–H and O–H groups in total. The van der Waals surface area contributed by atoms with Gasteiger partial charge in [0.2, 0.25) is 17.7 Å². The summed E-state index contributed by atoms with van der Waals surface area (Å²) < 4.78 is 3.10. The molecule has 5 aromatic rings. The predicted octanol–water partition coefficient (Wildman–Crippen LogP) is 7.02. The summed E-state index contributed by atoms with van der Waals surface area (Å²) in [5.41, 5.74) is 1.97. The zero-order valence-corrected chi connectivity index (χ0v) is 27.0. The first kappa shape index (κ1) is 28.3. The number of fused-ring (bicyclic) bond motifs is 3. The quantitative estimate of drug-likeness (QED) is 0.196. The van der Waals surface area contributed by atoms with Gasteiger partial charge in [0.1, 0.15) is 11.8 Å². The standard InChI is InChI=1S/C32H21Br2N3O4S2/c33-19-11-13-21(14-12-19)37-29(39)26-25(18-7-3-8-20(34)15-18)28-31(42-27(26)30(37)40)36(32(41)43-28)16-24(38)35-23-10-4-6-17-5-1-2-9-22(17)23/h1-15,25-27H,16H2,(H,35,38)/t25-,26?,27?/m1/s1. The molecule has 4 aromatic carbocycles. The zero-order chi connectivity index (χ0) is 29.8. The van der Waals surface area contributed by atoms with Gasteiger partial charge in [-0.25, -0.2) is 4.90 Å². The minimum Gasteiger partial charge on any atom is -0.324 e. The van der Waals surface area contributed by atoms with E-state index < -0.39 is 17.1 Å². The Morgan fingerprint density at radius 1 is 0.837 bits per heavy atom. The number of hydrogen-bond donors (Lipinski definition) is 1. The second-order valence-electron chi connectivity index (χ2n) is 10.3. The molecule has 2 aliphatic heterocycles. The van der Waals surface area contributed by atoms with E-state index >= 15 is 0 Å². The molecule has 7 rings (SSSR count). The van der Waals surface area contributed by atoms with E-state index in [9.17, 15) is 19.2 Å². The number of thioether (sulfide) groups is 1. The molecule has 2 unspecified atom stereocenters. The van der Waals surface area contributed by atoms with E-state index in [2.05, 4.69) is 37.2 Å². The molecule has 1 aromatic heterocycles. The molecule has 3 atom stereocenters. The molecule has 1 fully saturated rings. The normalized spacial score (nSPS) is 19.4. The zero-order valence-electron chi connectivity index (χ0n) is 22.2. The van der Waals surface area contributed by atoms with Crippen LogP contribution in [0, 0.1) is 5.92 Å². The fraction of sp³-hybridized carbons (Fsp3) is 0.125. The van der Waals surface area contributed by atoms with Crippen molar-refractivity contribution in [2.24, 2.45) is 5.92 Å². The van der Waals surface area contributed by atoms with E-state index in [1.54, 1.807) is 24.3 Å². The first-order valence-corrected chi connectivity index (χ1v) is 16.6. The third-order valence-corrected chi connectivity index (χ3v) is 11.3. The highest BCUT2D eigenvalue weighted by atomic mass is 79.9. The van der Waals surface area contributed by atoms with Gasteiger partial charge in [-0.2, -0.15) is 0 Å². The predicted molar refractivity (Wildman–Crippen MR) is 177 cm³/mol. The summed E-state index contributed by atoms with van der Waals surface area (Å²) in [4.78, 5) is 56.3. The van der Waals surface area contributed by atoms with Gasteiger partial charge in [0.15, 0.2) is 0 Å². The Morgan fingerprint density at radius 3 is 2.37 bits per heavy atom. The molecule has 0 bridgehead atoms. The third kappa shape index (κ3) is 4.98. The fourth-order valence-corrected chi connectivity index (χ4v) is 9.28. The maximum atomic E-state index is 14.0. The molecule has 0 aliphatic carbocycles. The van der Waals surface area contributed by atoms with Crippen molar-refractivity contribution in [1.29, 1.82) is 0 Å². The number of nitrogens with one attached hydrogen (secondary N) is 1. The summed E-state index contributed by atoms with van der Waals surface area (Å²) in [5, 5.41) is 4.64. The van der Waals surface area contributed by atoms with Crippen molar-refractivity contribution in [3.63, 3.8) is 0 Å². The number of hydrogen-bond acceptors (Lipinski definition) is 6. The van der Waals surface area contributed by atoms with E-state index in [1.807, 2.05) is 66.7 Å². The van der Waals surface area contributed by atoms with Gasteiger partial charge in [0.05, 0.1) is 16.6 Å². The number of benzene rings is 4. The van der Waals surface area contributed by atoms with Crippen LogP contribution in [0.4, 0.5) is 11.4 Å². The molecule has 0 radical (unpaired) electrons. The fourth-order valence-electron chi connectivity index (χ4n) is 5.83. The highest BCUT2D eigenvalue weighted by Crippen LogP contribution is 2.54. The summed E-state index contributed by atoms with van der Waals surface area (Å²) >= 11 is 9.18. The van der Waals surface area contributed by atoms with Gasteiger partial charge in [0, 0.05) is 30.8 Å². The number of halogens is 2. The Hall–Kier alpha value is -3.51. The van der Waals surface area contributed by atoms with Crippen LogP contribution in [-0.2, 0) is 20.9 Å². The number of thiazole rings is 1. The number of carbonyl (C=O) groups excluding carboxylic acids is 3. The van der Waals surface area contributed by atoms with E-state index in [0.717, 1.165) is 36.6 Å². The van der Waals surface area contributed by atoms with Crippen molar-refractivity contribution in [2.75, 3.05) is 10.2 Å². The molecular formula is C32H21Br2N3O4S2. The van der Waals surface area contributed by atoms with Crippen molar-refractivity contribution in [3.8, 4) is 0 Å². The number of imide groups is 1. The Balaban J connectivity index is 1.28. The molecule has 3 amide bonds. The van der Waals surface area contributed by atoms with E-state index in [-0.39, 0.29) is 29.1 Å². The van der Waals surface area contributed by atoms with Crippen LogP contribution < -0.4 is 15.1 Å². The minimum absolute atomic E-state index is 0.220. The topological polar surface area (TPSA) is 88.5 Å². The molecule has 0 saturated carbocycles. The van der Waals surface area contributed by atoms with E-state index in [1.165, 1.54) is 21.2 Å². The number of carbonyl (C=O) groups is 3. The van der Waals surface area contributed by atoms with Gasteiger partial charge >= 0.3 is 4.87 Å². The number of nitrogens with zero attached hydrogens (tertiary/aromatic N) is 2. The summed E-state index contributed by atoms with van der Waals surface area (Å²) in [6.45, 7) is -0.220. The van der Waals surface area contributed by atoms with Gasteiger partial charge < -0.3 is 5.32 Å². The number of anilines is 2. The Morgan fingerprint density at radius 2 is 1.58 bits per heavy atom. The lowest BCUT2D eigenvalue weighted by molar-refractivity contribution is -0.122. The molecule has 2 aliphatic rings. The molecule has 0 spiro atoms. The summed E-state index contributed by atoms with van der Waals surface area (Å²) in [7, 11) is 0. The number of amides is 3. The Kier molecular flexibility index (Phi) is 7.37. The van der Waals surface area contributed by atoms with Crippen LogP contribution in [0.3, 0.4) is 0 Å². The van der Waals surface area contributed by atoms with Gasteiger partial charge in [-0.3, -0.25) is 23.7 Å². The van der Waals surface area contributed by atoms with Crippen LogP contribution >= 0.6 is 55.0 Å². The molecule has 214 valence electrons.